The van der Waals surface area contributed by atoms with E-state index in [4.69, 9.17) is 9.26 Å². The standard InChI is InChI=1S/C27H25N3O3/c1-18-8-13-24(19(2)14-18)30-16-22(15-25(30)31)27-28-26(29-33-27)21-9-11-23(12-10-21)32-17-20-6-4-3-5-7-20/h3-14,22H,15-17H2,1-2H3. The molecule has 5 rings (SSSR count). The van der Waals surface area contributed by atoms with Gasteiger partial charge in [-0.1, -0.05) is 53.2 Å². The van der Waals surface area contributed by atoms with Crippen molar-refractivity contribution in [2.24, 2.45) is 0 Å². The minimum Gasteiger partial charge on any atom is -0.489 e. The number of amides is 1. The number of aryl methyl sites for hydroxylation is 2. The van der Waals surface area contributed by atoms with Crippen LogP contribution in [0.25, 0.3) is 11.4 Å². The molecule has 1 atom stereocenters. The maximum Gasteiger partial charge on any atom is 0.232 e. The Balaban J connectivity index is 1.26. The van der Waals surface area contributed by atoms with Crippen LogP contribution in [0.3, 0.4) is 0 Å². The molecule has 6 heteroatoms. The molecule has 0 saturated carbocycles. The van der Waals surface area contributed by atoms with E-state index in [1.807, 2.05) is 85.5 Å². The highest BCUT2D eigenvalue weighted by atomic mass is 16.5. The number of anilines is 1. The molecular formula is C27H25N3O3. The van der Waals surface area contributed by atoms with Gasteiger partial charge >= 0.3 is 0 Å². The first-order valence-corrected chi connectivity index (χ1v) is 11.1. The third-order valence-electron chi connectivity index (χ3n) is 5.92. The minimum atomic E-state index is -0.118. The smallest absolute Gasteiger partial charge is 0.232 e. The van der Waals surface area contributed by atoms with Crippen LogP contribution in [-0.4, -0.2) is 22.6 Å². The van der Waals surface area contributed by atoms with Crippen LogP contribution in [0.5, 0.6) is 5.75 Å². The van der Waals surface area contributed by atoms with Crippen LogP contribution in [-0.2, 0) is 11.4 Å². The summed E-state index contributed by atoms with van der Waals surface area (Å²) in [6, 6.07) is 23.8. The van der Waals surface area contributed by atoms with E-state index in [0.717, 1.165) is 28.1 Å². The van der Waals surface area contributed by atoms with Crippen LogP contribution in [0.15, 0.2) is 77.3 Å². The average Bonchev–Trinajstić information content (AvgIpc) is 3.46. The maximum absolute atomic E-state index is 12.7. The van der Waals surface area contributed by atoms with Crippen LogP contribution in [0.2, 0.25) is 0 Å². The van der Waals surface area contributed by atoms with E-state index in [9.17, 15) is 4.79 Å². The van der Waals surface area contributed by atoms with Gasteiger partial charge in [0.25, 0.3) is 0 Å². The molecule has 1 amide bonds. The van der Waals surface area contributed by atoms with E-state index in [-0.39, 0.29) is 11.8 Å². The number of carbonyl (C=O) groups excluding carboxylic acids is 1. The molecule has 0 aliphatic carbocycles. The van der Waals surface area contributed by atoms with Crippen LogP contribution >= 0.6 is 0 Å². The van der Waals surface area contributed by atoms with Gasteiger partial charge in [-0.05, 0) is 55.3 Å². The Labute approximate surface area is 192 Å². The van der Waals surface area contributed by atoms with Crippen LogP contribution in [0.4, 0.5) is 5.69 Å². The summed E-state index contributed by atoms with van der Waals surface area (Å²) in [5, 5.41) is 4.15. The Morgan fingerprint density at radius 3 is 2.58 bits per heavy atom. The molecule has 0 radical (unpaired) electrons. The summed E-state index contributed by atoms with van der Waals surface area (Å²) in [7, 11) is 0. The normalized spacial score (nSPS) is 15.8. The molecule has 166 valence electrons. The van der Waals surface area contributed by atoms with Crippen molar-refractivity contribution in [3.8, 4) is 17.1 Å². The topological polar surface area (TPSA) is 68.5 Å². The zero-order chi connectivity index (χ0) is 22.8. The van der Waals surface area contributed by atoms with E-state index < -0.39 is 0 Å². The fraction of sp³-hybridized carbons (Fsp3) is 0.222. The average molecular weight is 440 g/mol. The third-order valence-corrected chi connectivity index (χ3v) is 5.92. The van der Waals surface area contributed by atoms with Gasteiger partial charge in [-0.3, -0.25) is 4.79 Å². The van der Waals surface area contributed by atoms with E-state index in [0.29, 0.717) is 31.3 Å². The summed E-state index contributed by atoms with van der Waals surface area (Å²) in [4.78, 5) is 19.1. The molecule has 3 aromatic carbocycles. The van der Waals surface area contributed by atoms with E-state index >= 15 is 0 Å². The molecule has 2 heterocycles. The van der Waals surface area contributed by atoms with Gasteiger partial charge in [0.15, 0.2) is 0 Å². The lowest BCUT2D eigenvalue weighted by atomic mass is 10.1. The number of rotatable bonds is 6. The number of ether oxygens (including phenoxy) is 1. The van der Waals surface area contributed by atoms with Gasteiger partial charge in [0.2, 0.25) is 17.6 Å². The fourth-order valence-electron chi connectivity index (χ4n) is 4.17. The van der Waals surface area contributed by atoms with Crippen molar-refractivity contribution in [3.63, 3.8) is 0 Å². The summed E-state index contributed by atoms with van der Waals surface area (Å²) in [6.07, 6.45) is 0.362. The molecule has 0 spiro atoms. The number of hydrogen-bond donors (Lipinski definition) is 0. The first-order valence-electron chi connectivity index (χ1n) is 11.1. The van der Waals surface area contributed by atoms with Gasteiger partial charge in [-0.2, -0.15) is 4.98 Å². The Morgan fingerprint density at radius 2 is 1.82 bits per heavy atom. The van der Waals surface area contributed by atoms with Gasteiger partial charge < -0.3 is 14.2 Å². The van der Waals surface area contributed by atoms with Gasteiger partial charge in [0.05, 0.1) is 5.92 Å². The number of benzene rings is 3. The predicted molar refractivity (Wildman–Crippen MR) is 126 cm³/mol. The van der Waals surface area contributed by atoms with Crippen molar-refractivity contribution >= 4 is 11.6 Å². The Kier molecular flexibility index (Phi) is 5.65. The van der Waals surface area contributed by atoms with Gasteiger partial charge in [-0.15, -0.1) is 0 Å². The summed E-state index contributed by atoms with van der Waals surface area (Å²) in [5.41, 5.74) is 5.17. The maximum atomic E-state index is 12.7. The van der Waals surface area contributed by atoms with Crippen molar-refractivity contribution in [2.45, 2.75) is 32.8 Å². The van der Waals surface area contributed by atoms with Crippen LogP contribution in [0.1, 0.15) is 34.9 Å². The summed E-state index contributed by atoms with van der Waals surface area (Å²) in [6.45, 7) is 5.13. The Morgan fingerprint density at radius 1 is 1.03 bits per heavy atom. The number of nitrogens with zero attached hydrogens (tertiary/aromatic N) is 3. The van der Waals surface area contributed by atoms with E-state index in [2.05, 4.69) is 16.2 Å². The summed E-state index contributed by atoms with van der Waals surface area (Å²) in [5.74, 6) is 1.74. The largest absolute Gasteiger partial charge is 0.489 e. The van der Waals surface area contributed by atoms with Gasteiger partial charge in [0, 0.05) is 24.2 Å². The lowest BCUT2D eigenvalue weighted by Crippen LogP contribution is -2.25. The molecule has 1 unspecified atom stereocenters. The Hall–Kier alpha value is -3.93. The highest BCUT2D eigenvalue weighted by Gasteiger charge is 2.35. The molecule has 1 aromatic heterocycles. The van der Waals surface area contributed by atoms with E-state index in [1.165, 1.54) is 5.56 Å². The molecule has 1 aliphatic heterocycles. The van der Waals surface area contributed by atoms with Crippen molar-refractivity contribution in [2.75, 3.05) is 11.4 Å². The predicted octanol–water partition coefficient (Wildman–Crippen LogP) is 5.45. The van der Waals surface area contributed by atoms with Crippen LogP contribution < -0.4 is 9.64 Å². The number of carbonyl (C=O) groups is 1. The number of hydrogen-bond acceptors (Lipinski definition) is 5. The quantitative estimate of drug-likeness (QED) is 0.399. The highest BCUT2D eigenvalue weighted by molar-refractivity contribution is 5.97. The Bertz CT molecular complexity index is 1270. The molecule has 0 N–H and O–H groups in total. The van der Waals surface area contributed by atoms with E-state index in [1.54, 1.807) is 0 Å². The summed E-state index contributed by atoms with van der Waals surface area (Å²) < 4.78 is 11.4. The molecule has 6 nitrogen and oxygen atoms in total. The lowest BCUT2D eigenvalue weighted by molar-refractivity contribution is -0.117. The second kappa shape index (κ2) is 8.90. The first-order chi connectivity index (χ1) is 16.1. The number of aromatic nitrogens is 2. The first kappa shape index (κ1) is 20.9. The molecule has 1 saturated heterocycles. The lowest BCUT2D eigenvalue weighted by Gasteiger charge is -2.19. The molecule has 1 aliphatic rings. The zero-order valence-electron chi connectivity index (χ0n) is 18.7. The third kappa shape index (κ3) is 4.51. The summed E-state index contributed by atoms with van der Waals surface area (Å²) >= 11 is 0. The molecular weight excluding hydrogens is 414 g/mol. The molecule has 0 bridgehead atoms. The minimum absolute atomic E-state index is 0.0756. The van der Waals surface area contributed by atoms with Crippen molar-refractivity contribution in [1.29, 1.82) is 0 Å². The highest BCUT2D eigenvalue weighted by Crippen LogP contribution is 2.34. The second-order valence-electron chi connectivity index (χ2n) is 8.45. The van der Waals surface area contributed by atoms with Crippen molar-refractivity contribution < 1.29 is 14.1 Å². The monoisotopic (exact) mass is 439 g/mol. The molecule has 4 aromatic rings. The SMILES string of the molecule is Cc1ccc(N2CC(c3nc(-c4ccc(OCc5ccccc5)cc4)no3)CC2=O)c(C)c1. The fourth-order valence-corrected chi connectivity index (χ4v) is 4.17. The van der Waals surface area contributed by atoms with Crippen molar-refractivity contribution in [3.05, 3.63) is 95.4 Å². The second-order valence-corrected chi connectivity index (χ2v) is 8.45. The van der Waals surface area contributed by atoms with Gasteiger partial charge in [-0.25, -0.2) is 0 Å². The molecule has 33 heavy (non-hydrogen) atoms. The van der Waals surface area contributed by atoms with Crippen molar-refractivity contribution in [1.82, 2.24) is 10.1 Å². The molecule has 1 fully saturated rings. The zero-order valence-corrected chi connectivity index (χ0v) is 18.7. The van der Waals surface area contributed by atoms with Gasteiger partial charge in [0.1, 0.15) is 12.4 Å². The van der Waals surface area contributed by atoms with Crippen LogP contribution in [0, 0.1) is 13.8 Å².